The minimum Gasteiger partial charge on any atom is -0.355 e. The maximum atomic E-state index is 11.8. The highest BCUT2D eigenvalue weighted by Crippen LogP contribution is 2.36. The van der Waals surface area contributed by atoms with Crippen molar-refractivity contribution in [1.82, 2.24) is 5.32 Å². The summed E-state index contributed by atoms with van der Waals surface area (Å²) in [5, 5.41) is 2.95. The number of hydrogen-bond donors (Lipinski definition) is 1. The van der Waals surface area contributed by atoms with Gasteiger partial charge >= 0.3 is 0 Å². The van der Waals surface area contributed by atoms with Crippen LogP contribution in [0.25, 0.3) is 0 Å². The molecule has 1 amide bonds. The average Bonchev–Trinajstić information content (AvgIpc) is 2.73. The Morgan fingerprint density at radius 2 is 2.31 bits per heavy atom. The molecule has 86 valence electrons. The molecule has 1 aromatic carbocycles. The van der Waals surface area contributed by atoms with E-state index in [0.29, 0.717) is 12.4 Å². The Morgan fingerprint density at radius 1 is 1.50 bits per heavy atom. The molecule has 0 spiro atoms. The molecular weight excluding hydrogens is 242 g/mol. The first-order valence-corrected chi connectivity index (χ1v) is 6.81. The van der Waals surface area contributed by atoms with Crippen LogP contribution in [-0.4, -0.2) is 23.6 Å². The minimum absolute atomic E-state index is 0.0349. The average molecular weight is 256 g/mol. The number of carbonyl (C=O) groups is 1. The zero-order valence-electron chi connectivity index (χ0n) is 8.91. The quantitative estimate of drug-likeness (QED) is 0.662. The number of halogens is 1. The van der Waals surface area contributed by atoms with Crippen LogP contribution in [0.4, 0.5) is 0 Å². The van der Waals surface area contributed by atoms with Gasteiger partial charge in [0.1, 0.15) is 0 Å². The van der Waals surface area contributed by atoms with Crippen LogP contribution in [0.5, 0.6) is 0 Å². The molecule has 16 heavy (non-hydrogen) atoms. The van der Waals surface area contributed by atoms with Crippen LogP contribution in [0.3, 0.4) is 0 Å². The van der Waals surface area contributed by atoms with Gasteiger partial charge in [-0.2, -0.15) is 0 Å². The van der Waals surface area contributed by atoms with Crippen LogP contribution in [-0.2, 0) is 11.2 Å². The summed E-state index contributed by atoms with van der Waals surface area (Å²) < 4.78 is 0. The van der Waals surface area contributed by atoms with Crippen LogP contribution >= 0.6 is 23.4 Å². The van der Waals surface area contributed by atoms with Gasteiger partial charge in [0.05, 0.1) is 5.25 Å². The topological polar surface area (TPSA) is 29.1 Å². The van der Waals surface area contributed by atoms with Gasteiger partial charge < -0.3 is 5.32 Å². The Balaban J connectivity index is 1.88. The summed E-state index contributed by atoms with van der Waals surface area (Å²) in [5.41, 5.74) is 1.28. The lowest BCUT2D eigenvalue weighted by Gasteiger charge is -2.08. The second-order valence-electron chi connectivity index (χ2n) is 3.75. The van der Waals surface area contributed by atoms with E-state index in [1.54, 1.807) is 11.8 Å². The first kappa shape index (κ1) is 11.8. The Kier molecular flexibility index (Phi) is 4.13. The van der Waals surface area contributed by atoms with Crippen molar-refractivity contribution in [3.8, 4) is 0 Å². The van der Waals surface area contributed by atoms with Gasteiger partial charge in [0.25, 0.3) is 0 Å². The maximum absolute atomic E-state index is 11.8. The van der Waals surface area contributed by atoms with Crippen molar-refractivity contribution in [3.05, 3.63) is 29.8 Å². The third-order valence-electron chi connectivity index (χ3n) is 2.55. The second kappa shape index (κ2) is 5.60. The Labute approximate surface area is 105 Å². The fourth-order valence-electron chi connectivity index (χ4n) is 1.72. The molecule has 0 saturated carbocycles. The summed E-state index contributed by atoms with van der Waals surface area (Å²) >= 11 is 7.22. The van der Waals surface area contributed by atoms with Crippen molar-refractivity contribution in [3.63, 3.8) is 0 Å². The van der Waals surface area contributed by atoms with Gasteiger partial charge in [0, 0.05) is 17.3 Å². The monoisotopic (exact) mass is 255 g/mol. The standard InChI is InChI=1S/C12H14ClNOS/c13-6-3-7-14-12(15)11-8-9-4-1-2-5-10(9)16-11/h1-2,4-5,11H,3,6-8H2,(H,14,15). The van der Waals surface area contributed by atoms with E-state index in [1.807, 2.05) is 12.1 Å². The van der Waals surface area contributed by atoms with E-state index in [2.05, 4.69) is 17.4 Å². The van der Waals surface area contributed by atoms with Gasteiger partial charge in [-0.3, -0.25) is 4.79 Å². The van der Waals surface area contributed by atoms with E-state index in [-0.39, 0.29) is 11.2 Å². The lowest BCUT2D eigenvalue weighted by molar-refractivity contribution is -0.120. The van der Waals surface area contributed by atoms with Crippen LogP contribution in [0.1, 0.15) is 12.0 Å². The van der Waals surface area contributed by atoms with E-state index >= 15 is 0 Å². The molecule has 1 N–H and O–H groups in total. The summed E-state index contributed by atoms with van der Waals surface area (Å²) in [4.78, 5) is 13.0. The molecular formula is C12H14ClNOS. The molecule has 1 heterocycles. The zero-order chi connectivity index (χ0) is 11.4. The molecule has 2 rings (SSSR count). The largest absolute Gasteiger partial charge is 0.355 e. The van der Waals surface area contributed by atoms with Gasteiger partial charge in [-0.05, 0) is 24.5 Å². The molecule has 1 atom stereocenters. The summed E-state index contributed by atoms with van der Waals surface area (Å²) in [6.07, 6.45) is 1.67. The second-order valence-corrected chi connectivity index (χ2v) is 5.37. The van der Waals surface area contributed by atoms with E-state index in [0.717, 1.165) is 12.8 Å². The molecule has 0 fully saturated rings. The SMILES string of the molecule is O=C(NCCCCl)C1Cc2ccccc2S1. The lowest BCUT2D eigenvalue weighted by Crippen LogP contribution is -2.33. The first-order valence-electron chi connectivity index (χ1n) is 5.39. The summed E-state index contributed by atoms with van der Waals surface area (Å²) in [7, 11) is 0. The van der Waals surface area contributed by atoms with E-state index in [4.69, 9.17) is 11.6 Å². The number of thioether (sulfide) groups is 1. The Bertz CT molecular complexity index is 358. The summed E-state index contributed by atoms with van der Waals surface area (Å²) in [5.74, 6) is 0.726. The van der Waals surface area contributed by atoms with Crippen LogP contribution in [0.15, 0.2) is 29.2 Å². The van der Waals surface area contributed by atoms with Crippen molar-refractivity contribution in [1.29, 1.82) is 0 Å². The van der Waals surface area contributed by atoms with E-state index in [9.17, 15) is 4.79 Å². The molecule has 0 aromatic heterocycles. The van der Waals surface area contributed by atoms with Gasteiger partial charge in [-0.15, -0.1) is 23.4 Å². The Morgan fingerprint density at radius 3 is 3.06 bits per heavy atom. The van der Waals surface area contributed by atoms with Gasteiger partial charge in [-0.1, -0.05) is 18.2 Å². The molecule has 1 unspecified atom stereocenters. The molecule has 0 bridgehead atoms. The fourth-order valence-corrected chi connectivity index (χ4v) is 3.07. The normalized spacial score (nSPS) is 18.2. The lowest BCUT2D eigenvalue weighted by atomic mass is 10.1. The summed E-state index contributed by atoms with van der Waals surface area (Å²) in [6, 6.07) is 8.20. The highest BCUT2D eigenvalue weighted by atomic mass is 35.5. The predicted molar refractivity (Wildman–Crippen MR) is 68.1 cm³/mol. The first-order chi connectivity index (χ1) is 7.81. The third-order valence-corrected chi connectivity index (χ3v) is 4.13. The van der Waals surface area contributed by atoms with Crippen LogP contribution in [0, 0.1) is 0 Å². The fraction of sp³-hybridized carbons (Fsp3) is 0.417. The molecule has 1 aliphatic heterocycles. The third kappa shape index (κ3) is 2.71. The summed E-state index contributed by atoms with van der Waals surface area (Å²) in [6.45, 7) is 0.676. The number of rotatable bonds is 4. The van der Waals surface area contributed by atoms with Crippen molar-refractivity contribution < 1.29 is 4.79 Å². The molecule has 0 saturated heterocycles. The number of alkyl halides is 1. The number of benzene rings is 1. The van der Waals surface area contributed by atoms with Crippen molar-refractivity contribution in [2.75, 3.05) is 12.4 Å². The van der Waals surface area contributed by atoms with Crippen molar-refractivity contribution >= 4 is 29.3 Å². The molecule has 1 aliphatic rings. The van der Waals surface area contributed by atoms with Crippen molar-refractivity contribution in [2.24, 2.45) is 0 Å². The maximum Gasteiger partial charge on any atom is 0.233 e. The van der Waals surface area contributed by atoms with Crippen LogP contribution in [0.2, 0.25) is 0 Å². The highest BCUT2D eigenvalue weighted by Gasteiger charge is 2.27. The van der Waals surface area contributed by atoms with Gasteiger partial charge in [0.2, 0.25) is 5.91 Å². The van der Waals surface area contributed by atoms with Gasteiger partial charge in [0.15, 0.2) is 0 Å². The number of nitrogens with one attached hydrogen (secondary N) is 1. The van der Waals surface area contributed by atoms with E-state index < -0.39 is 0 Å². The molecule has 1 aromatic rings. The van der Waals surface area contributed by atoms with Crippen molar-refractivity contribution in [2.45, 2.75) is 23.0 Å². The molecule has 4 heteroatoms. The van der Waals surface area contributed by atoms with Gasteiger partial charge in [-0.25, -0.2) is 0 Å². The Hall–Kier alpha value is -0.670. The number of amides is 1. The zero-order valence-corrected chi connectivity index (χ0v) is 10.5. The molecule has 0 radical (unpaired) electrons. The predicted octanol–water partition coefficient (Wildman–Crippen LogP) is 2.45. The van der Waals surface area contributed by atoms with Crippen LogP contribution < -0.4 is 5.32 Å². The number of carbonyl (C=O) groups excluding carboxylic acids is 1. The smallest absolute Gasteiger partial charge is 0.233 e. The molecule has 0 aliphatic carbocycles. The van der Waals surface area contributed by atoms with E-state index in [1.165, 1.54) is 10.5 Å². The number of fused-ring (bicyclic) bond motifs is 1. The minimum atomic E-state index is 0.0349. The highest BCUT2D eigenvalue weighted by molar-refractivity contribution is 8.01. The number of hydrogen-bond acceptors (Lipinski definition) is 2. The molecule has 2 nitrogen and oxygen atoms in total.